The van der Waals surface area contributed by atoms with E-state index >= 15 is 0 Å². The summed E-state index contributed by atoms with van der Waals surface area (Å²) < 4.78 is 20.3. The second kappa shape index (κ2) is 8.98. The van der Waals surface area contributed by atoms with E-state index in [1.165, 1.54) is 43.2 Å². The standard InChI is InChI=1S/C15H26O3PS3/c1-16-19(15-12-20-22-21-15,17-13-8-4-2-5-9-13)18-14-10-6-3-7-11-14/h12-14H,2-11H2,1H3/q+1. The van der Waals surface area contributed by atoms with Crippen LogP contribution < -0.4 is 0 Å². The number of rotatable bonds is 6. The van der Waals surface area contributed by atoms with Gasteiger partial charge in [0.05, 0.1) is 7.11 Å². The number of hydrogen-bond donors (Lipinski definition) is 0. The van der Waals surface area contributed by atoms with Crippen LogP contribution in [0.4, 0.5) is 0 Å². The van der Waals surface area contributed by atoms with Crippen molar-refractivity contribution in [2.24, 2.45) is 0 Å². The summed E-state index contributed by atoms with van der Waals surface area (Å²) in [7, 11) is 4.69. The molecule has 3 aliphatic rings. The summed E-state index contributed by atoms with van der Waals surface area (Å²) in [5.41, 5.74) is 0. The summed E-state index contributed by atoms with van der Waals surface area (Å²) in [6.07, 6.45) is 13.0. The highest BCUT2D eigenvalue weighted by atomic mass is 33.5. The molecule has 0 unspecified atom stereocenters. The van der Waals surface area contributed by atoms with Gasteiger partial charge in [0.25, 0.3) is 0 Å². The fraction of sp³-hybridized carbons (Fsp3) is 0.867. The zero-order chi connectivity index (χ0) is 15.3. The Kier molecular flexibility index (Phi) is 7.31. The van der Waals surface area contributed by atoms with E-state index in [-0.39, 0.29) is 0 Å². The predicted octanol–water partition coefficient (Wildman–Crippen LogP) is 6.94. The van der Waals surface area contributed by atoms with Gasteiger partial charge in [0.15, 0.2) is 0 Å². The van der Waals surface area contributed by atoms with Crippen LogP contribution in [0.25, 0.3) is 0 Å². The molecule has 7 heteroatoms. The quantitative estimate of drug-likeness (QED) is 0.365. The molecule has 2 saturated carbocycles. The Morgan fingerprint density at radius 2 is 1.45 bits per heavy atom. The van der Waals surface area contributed by atoms with Gasteiger partial charge in [0.1, 0.15) is 12.2 Å². The molecular formula is C15H26O3PS3+. The van der Waals surface area contributed by atoms with Crippen molar-refractivity contribution < 1.29 is 13.6 Å². The van der Waals surface area contributed by atoms with E-state index < -0.39 is 7.94 Å². The van der Waals surface area contributed by atoms with Crippen LogP contribution in [-0.4, -0.2) is 19.3 Å². The summed E-state index contributed by atoms with van der Waals surface area (Å²) in [6.45, 7) is 0. The van der Waals surface area contributed by atoms with Gasteiger partial charge in [-0.1, -0.05) is 38.5 Å². The van der Waals surface area contributed by atoms with Gasteiger partial charge in [-0.2, -0.15) is 13.6 Å². The van der Waals surface area contributed by atoms with Crippen molar-refractivity contribution in [1.29, 1.82) is 0 Å². The largest absolute Gasteiger partial charge is 0.457 e. The second-order valence-corrected chi connectivity index (χ2v) is 12.6. The first-order valence-electron chi connectivity index (χ1n) is 8.35. The minimum absolute atomic E-state index is 0.308. The maximum Gasteiger partial charge on any atom is 0.457 e. The van der Waals surface area contributed by atoms with E-state index in [2.05, 4.69) is 5.41 Å². The first kappa shape index (κ1) is 17.9. The molecule has 1 aliphatic heterocycles. The molecule has 1 heterocycles. The van der Waals surface area contributed by atoms with Crippen molar-refractivity contribution in [2.75, 3.05) is 7.11 Å². The molecule has 0 aromatic heterocycles. The van der Waals surface area contributed by atoms with Gasteiger partial charge < -0.3 is 0 Å². The monoisotopic (exact) mass is 381 g/mol. The van der Waals surface area contributed by atoms with Crippen molar-refractivity contribution in [1.82, 2.24) is 0 Å². The van der Waals surface area contributed by atoms with Gasteiger partial charge in [-0.25, -0.2) is 0 Å². The smallest absolute Gasteiger partial charge is 0.177 e. The zero-order valence-corrected chi connectivity index (χ0v) is 16.5. The van der Waals surface area contributed by atoms with Crippen LogP contribution in [0.1, 0.15) is 64.2 Å². The van der Waals surface area contributed by atoms with Crippen LogP contribution in [0.15, 0.2) is 10.1 Å². The molecule has 2 aliphatic carbocycles. The summed E-state index contributed by atoms with van der Waals surface area (Å²) in [5, 5.41) is 2.18. The molecule has 0 atom stereocenters. The SMILES string of the molecule is CO[P+](OC1CCCCC1)(OC1CCCCC1)C1=CSSS1. The van der Waals surface area contributed by atoms with Gasteiger partial charge in [-0.3, -0.25) is 0 Å². The average Bonchev–Trinajstić information content (AvgIpc) is 3.11. The van der Waals surface area contributed by atoms with Gasteiger partial charge in [0.2, 0.25) is 4.65 Å². The Bertz CT molecular complexity index is 362. The predicted molar refractivity (Wildman–Crippen MR) is 101 cm³/mol. The lowest BCUT2D eigenvalue weighted by atomic mass is 9.98. The van der Waals surface area contributed by atoms with E-state index in [1.54, 1.807) is 38.5 Å². The molecule has 0 saturated heterocycles. The van der Waals surface area contributed by atoms with E-state index in [1.807, 2.05) is 0 Å². The third-order valence-corrected chi connectivity index (χ3v) is 11.8. The molecule has 0 bridgehead atoms. The van der Waals surface area contributed by atoms with Crippen LogP contribution in [0, 0.1) is 0 Å². The lowest BCUT2D eigenvalue weighted by Gasteiger charge is -2.30. The highest BCUT2D eigenvalue weighted by molar-refractivity contribution is 9.12. The molecule has 0 aromatic carbocycles. The van der Waals surface area contributed by atoms with Crippen molar-refractivity contribution >= 4 is 39.4 Å². The highest BCUT2D eigenvalue weighted by Gasteiger charge is 2.55. The molecule has 0 amide bonds. The molecule has 22 heavy (non-hydrogen) atoms. The van der Waals surface area contributed by atoms with Crippen molar-refractivity contribution in [3.8, 4) is 0 Å². The first-order chi connectivity index (χ1) is 10.8. The van der Waals surface area contributed by atoms with Crippen molar-refractivity contribution in [3.63, 3.8) is 0 Å². The average molecular weight is 382 g/mol. The van der Waals surface area contributed by atoms with Crippen LogP contribution in [0.5, 0.6) is 0 Å². The van der Waals surface area contributed by atoms with E-state index in [0.717, 1.165) is 25.7 Å². The van der Waals surface area contributed by atoms with Crippen molar-refractivity contribution in [2.45, 2.75) is 76.4 Å². The Morgan fingerprint density at radius 1 is 0.909 bits per heavy atom. The molecule has 3 nitrogen and oxygen atoms in total. The lowest BCUT2D eigenvalue weighted by molar-refractivity contribution is 0.0576. The third kappa shape index (κ3) is 4.59. The van der Waals surface area contributed by atoms with E-state index in [0.29, 0.717) is 12.2 Å². The van der Waals surface area contributed by atoms with E-state index in [4.69, 9.17) is 13.6 Å². The first-order valence-corrected chi connectivity index (χ1v) is 13.4. The zero-order valence-electron chi connectivity index (χ0n) is 13.2. The van der Waals surface area contributed by atoms with Gasteiger partial charge >= 0.3 is 7.94 Å². The minimum Gasteiger partial charge on any atom is -0.177 e. The third-order valence-electron chi connectivity index (χ3n) is 4.50. The maximum absolute atomic E-state index is 6.57. The van der Waals surface area contributed by atoms with Crippen LogP contribution in [0.3, 0.4) is 0 Å². The molecule has 0 radical (unpaired) electrons. The van der Waals surface area contributed by atoms with Crippen LogP contribution in [0.2, 0.25) is 0 Å². The van der Waals surface area contributed by atoms with Crippen LogP contribution >= 0.6 is 39.4 Å². The summed E-state index contributed by atoms with van der Waals surface area (Å²) >= 11 is 0. The topological polar surface area (TPSA) is 27.7 Å². The minimum atomic E-state index is -2.38. The lowest BCUT2D eigenvalue weighted by Crippen LogP contribution is -2.24. The summed E-state index contributed by atoms with van der Waals surface area (Å²) in [6, 6.07) is 0. The molecule has 126 valence electrons. The van der Waals surface area contributed by atoms with E-state index in [9.17, 15) is 0 Å². The van der Waals surface area contributed by atoms with Crippen molar-refractivity contribution in [3.05, 3.63) is 10.1 Å². The number of hydrogen-bond acceptors (Lipinski definition) is 6. The van der Waals surface area contributed by atoms with Gasteiger partial charge in [-0.05, 0) is 46.3 Å². The fourth-order valence-electron chi connectivity index (χ4n) is 3.28. The Labute approximate surface area is 146 Å². The molecule has 0 N–H and O–H groups in total. The Morgan fingerprint density at radius 3 is 1.86 bits per heavy atom. The normalized spacial score (nSPS) is 25.4. The molecule has 0 spiro atoms. The summed E-state index contributed by atoms with van der Waals surface area (Å²) in [4.78, 5) is 0. The fourth-order valence-corrected chi connectivity index (χ4v) is 11.6. The van der Waals surface area contributed by atoms with Crippen LogP contribution in [-0.2, 0) is 13.6 Å². The maximum atomic E-state index is 6.57. The highest BCUT2D eigenvalue weighted by Crippen LogP contribution is 2.78. The van der Waals surface area contributed by atoms with Gasteiger partial charge in [-0.15, -0.1) is 0 Å². The van der Waals surface area contributed by atoms with Gasteiger partial charge in [0, 0.05) is 16.2 Å². The molecule has 0 aromatic rings. The Balaban J connectivity index is 1.72. The molecular weight excluding hydrogens is 355 g/mol. The summed E-state index contributed by atoms with van der Waals surface area (Å²) in [5.74, 6) is 0. The second-order valence-electron chi connectivity index (χ2n) is 6.11. The Hall–Kier alpha value is 1.10. The molecule has 2 fully saturated rings. The molecule has 3 rings (SSSR count).